The number of amides is 3. The van der Waals surface area contributed by atoms with Crippen molar-refractivity contribution in [1.29, 1.82) is 0 Å². The van der Waals surface area contributed by atoms with Crippen LogP contribution in [0.1, 0.15) is 23.0 Å². The van der Waals surface area contributed by atoms with E-state index >= 15 is 0 Å². The average Bonchev–Trinajstić information content (AvgIpc) is 3.07. The van der Waals surface area contributed by atoms with Gasteiger partial charge in [-0.1, -0.05) is 0 Å². The summed E-state index contributed by atoms with van der Waals surface area (Å²) in [6.07, 6.45) is -3.19. The van der Waals surface area contributed by atoms with Gasteiger partial charge in [0.05, 0.1) is 11.2 Å². The minimum atomic E-state index is -4.56. The Morgan fingerprint density at radius 1 is 1.03 bits per heavy atom. The molecular weight excluding hydrogens is 451 g/mol. The van der Waals surface area contributed by atoms with Gasteiger partial charge in [-0.05, 0) is 49.4 Å². The van der Waals surface area contributed by atoms with Crippen molar-refractivity contribution in [3.8, 4) is 0 Å². The molecule has 174 valence electrons. The molecule has 5 rings (SSSR count). The molecule has 1 atom stereocenters. The van der Waals surface area contributed by atoms with Crippen LogP contribution in [0.4, 0.5) is 29.5 Å². The Bertz CT molecular complexity index is 1330. The lowest BCUT2D eigenvalue weighted by molar-refractivity contribution is -0.141. The first-order valence-electron chi connectivity index (χ1n) is 10.5. The first kappa shape index (κ1) is 21.8. The molecule has 11 heteroatoms. The summed E-state index contributed by atoms with van der Waals surface area (Å²) < 4.78 is 39.2. The first-order valence-corrected chi connectivity index (χ1v) is 10.5. The fourth-order valence-corrected chi connectivity index (χ4v) is 4.32. The highest BCUT2D eigenvalue weighted by atomic mass is 19.4. The maximum atomic E-state index is 13.2. The van der Waals surface area contributed by atoms with Crippen LogP contribution < -0.4 is 9.80 Å². The lowest BCUT2D eigenvalue weighted by atomic mass is 10.1. The van der Waals surface area contributed by atoms with E-state index < -0.39 is 29.9 Å². The minimum Gasteiger partial charge on any atom is -0.352 e. The molecule has 0 N–H and O–H groups in total. The van der Waals surface area contributed by atoms with E-state index in [0.29, 0.717) is 29.0 Å². The van der Waals surface area contributed by atoms with Gasteiger partial charge in [0.25, 0.3) is 5.91 Å². The zero-order valence-electron chi connectivity index (χ0n) is 17.9. The van der Waals surface area contributed by atoms with Gasteiger partial charge in [0.2, 0.25) is 0 Å². The molecule has 8 nitrogen and oxygen atoms in total. The molecular formula is C23H18F3N5O3. The standard InChI is InChI=1S/C23H18F3N5O3/c1-13(32)14-2-4-15(5-3-14)31-21(33)18-12-29(10-11-30(18)22(31)34)20-16-6-7-19(23(24,25)26)28-17(16)8-9-27-20/h2-9,18H,10-12H2,1H3. The van der Waals surface area contributed by atoms with Crippen molar-refractivity contribution in [3.63, 3.8) is 0 Å². The second-order valence-corrected chi connectivity index (χ2v) is 8.11. The van der Waals surface area contributed by atoms with Gasteiger partial charge in [-0.25, -0.2) is 19.7 Å². The summed E-state index contributed by atoms with van der Waals surface area (Å²) in [5.41, 5.74) is -0.0163. The number of carbonyl (C=O) groups excluding carboxylic acids is 3. The van der Waals surface area contributed by atoms with E-state index in [9.17, 15) is 27.6 Å². The van der Waals surface area contributed by atoms with E-state index in [1.54, 1.807) is 29.2 Å². The number of ketones is 1. The Morgan fingerprint density at radius 2 is 1.76 bits per heavy atom. The number of hydrogen-bond acceptors (Lipinski definition) is 6. The second kappa shape index (κ2) is 7.79. The summed E-state index contributed by atoms with van der Waals surface area (Å²) in [6.45, 7) is 2.15. The molecule has 3 amide bonds. The minimum absolute atomic E-state index is 0.127. The number of Topliss-reactive ketones (excluding diaryl/α,β-unsaturated/α-hetero) is 1. The zero-order valence-corrected chi connectivity index (χ0v) is 17.9. The predicted molar refractivity (Wildman–Crippen MR) is 117 cm³/mol. The Kier molecular flexibility index (Phi) is 4.99. The first-order chi connectivity index (χ1) is 16.1. The summed E-state index contributed by atoms with van der Waals surface area (Å²) in [6, 6.07) is 8.64. The van der Waals surface area contributed by atoms with Crippen LogP contribution in [0.25, 0.3) is 10.9 Å². The summed E-state index contributed by atoms with van der Waals surface area (Å²) in [7, 11) is 0. The molecule has 0 radical (unpaired) electrons. The van der Waals surface area contributed by atoms with E-state index in [1.165, 1.54) is 30.2 Å². The summed E-state index contributed by atoms with van der Waals surface area (Å²) >= 11 is 0. The second-order valence-electron chi connectivity index (χ2n) is 8.11. The van der Waals surface area contributed by atoms with Gasteiger partial charge in [0.15, 0.2) is 5.78 Å². The van der Waals surface area contributed by atoms with Crippen LogP contribution in [-0.4, -0.2) is 58.3 Å². The number of piperazine rings is 1. The van der Waals surface area contributed by atoms with Crippen molar-refractivity contribution < 1.29 is 27.6 Å². The molecule has 2 fully saturated rings. The quantitative estimate of drug-likeness (QED) is 0.431. The zero-order chi connectivity index (χ0) is 24.2. The van der Waals surface area contributed by atoms with Gasteiger partial charge in [0.1, 0.15) is 17.6 Å². The molecule has 1 aromatic carbocycles. The molecule has 3 aromatic rings. The number of pyridine rings is 2. The normalized spacial score (nSPS) is 18.6. The van der Waals surface area contributed by atoms with Crippen LogP contribution in [0.5, 0.6) is 0 Å². The number of alkyl halides is 3. The molecule has 2 saturated heterocycles. The van der Waals surface area contributed by atoms with Gasteiger partial charge in [-0.3, -0.25) is 9.59 Å². The van der Waals surface area contributed by atoms with Crippen LogP contribution in [0.15, 0.2) is 48.7 Å². The molecule has 0 aliphatic carbocycles. The number of rotatable bonds is 3. The van der Waals surface area contributed by atoms with Gasteiger partial charge in [-0.2, -0.15) is 13.2 Å². The Hall–Kier alpha value is -4.02. The van der Waals surface area contributed by atoms with Crippen molar-refractivity contribution in [1.82, 2.24) is 14.9 Å². The molecule has 0 spiro atoms. The molecule has 1 unspecified atom stereocenters. The van der Waals surface area contributed by atoms with E-state index in [0.717, 1.165) is 11.0 Å². The molecule has 0 saturated carbocycles. The highest BCUT2D eigenvalue weighted by molar-refractivity contribution is 6.21. The number of halogens is 3. The SMILES string of the molecule is CC(=O)c1ccc(N2C(=O)C3CN(c4nccc5nc(C(F)(F)F)ccc45)CCN3C2=O)cc1. The maximum absolute atomic E-state index is 13.2. The Labute approximate surface area is 191 Å². The Morgan fingerprint density at radius 3 is 2.44 bits per heavy atom. The van der Waals surface area contributed by atoms with Crippen molar-refractivity contribution in [2.24, 2.45) is 0 Å². The van der Waals surface area contributed by atoms with Crippen molar-refractivity contribution >= 4 is 40.1 Å². The summed E-state index contributed by atoms with van der Waals surface area (Å²) in [5, 5.41) is 0.428. The maximum Gasteiger partial charge on any atom is 0.433 e. The average molecular weight is 469 g/mol. The van der Waals surface area contributed by atoms with Crippen molar-refractivity contribution in [2.45, 2.75) is 19.1 Å². The van der Waals surface area contributed by atoms with Crippen LogP contribution in [0.3, 0.4) is 0 Å². The van der Waals surface area contributed by atoms with Gasteiger partial charge >= 0.3 is 12.2 Å². The highest BCUT2D eigenvalue weighted by Crippen LogP contribution is 2.33. The fraction of sp³-hybridized carbons (Fsp3) is 0.261. The molecule has 4 heterocycles. The lowest BCUT2D eigenvalue weighted by Gasteiger charge is -2.36. The topological polar surface area (TPSA) is 86.7 Å². The number of hydrogen-bond donors (Lipinski definition) is 0. The van der Waals surface area contributed by atoms with E-state index in [1.807, 2.05) is 0 Å². The number of aromatic nitrogens is 2. The van der Waals surface area contributed by atoms with E-state index in [-0.39, 0.29) is 24.4 Å². The van der Waals surface area contributed by atoms with Crippen molar-refractivity contribution in [3.05, 3.63) is 59.9 Å². The number of fused-ring (bicyclic) bond motifs is 2. The smallest absolute Gasteiger partial charge is 0.352 e. The molecule has 34 heavy (non-hydrogen) atoms. The largest absolute Gasteiger partial charge is 0.433 e. The summed E-state index contributed by atoms with van der Waals surface area (Å²) in [4.78, 5) is 50.1. The number of nitrogens with zero attached hydrogens (tertiary/aromatic N) is 5. The number of carbonyl (C=O) groups is 3. The van der Waals surface area contributed by atoms with Gasteiger partial charge < -0.3 is 9.80 Å². The third-order valence-corrected chi connectivity index (χ3v) is 6.04. The molecule has 2 aliphatic rings. The molecule has 0 bridgehead atoms. The predicted octanol–water partition coefficient (Wildman–Crippen LogP) is 3.51. The molecule has 2 aromatic heterocycles. The Balaban J connectivity index is 1.43. The van der Waals surface area contributed by atoms with Crippen LogP contribution in [0, 0.1) is 0 Å². The third-order valence-electron chi connectivity index (χ3n) is 6.04. The number of urea groups is 1. The van der Waals surface area contributed by atoms with Gasteiger partial charge in [-0.15, -0.1) is 0 Å². The van der Waals surface area contributed by atoms with Crippen LogP contribution in [-0.2, 0) is 11.0 Å². The van der Waals surface area contributed by atoms with Crippen molar-refractivity contribution in [2.75, 3.05) is 29.4 Å². The lowest BCUT2D eigenvalue weighted by Crippen LogP contribution is -2.53. The van der Waals surface area contributed by atoms with E-state index in [4.69, 9.17) is 0 Å². The van der Waals surface area contributed by atoms with E-state index in [2.05, 4.69) is 9.97 Å². The highest BCUT2D eigenvalue weighted by Gasteiger charge is 2.48. The fourth-order valence-electron chi connectivity index (χ4n) is 4.32. The third kappa shape index (κ3) is 3.53. The number of benzene rings is 1. The van der Waals surface area contributed by atoms with Gasteiger partial charge in [0, 0.05) is 36.8 Å². The summed E-state index contributed by atoms with van der Waals surface area (Å²) in [5.74, 6) is -0.135. The molecule has 2 aliphatic heterocycles. The number of imide groups is 1. The number of anilines is 2. The van der Waals surface area contributed by atoms with Crippen LogP contribution >= 0.6 is 0 Å². The monoisotopic (exact) mass is 469 g/mol. The van der Waals surface area contributed by atoms with Crippen LogP contribution in [0.2, 0.25) is 0 Å².